The Morgan fingerprint density at radius 2 is 2.17 bits per heavy atom. The first kappa shape index (κ1) is 15.3. The van der Waals surface area contributed by atoms with Gasteiger partial charge in [-0.2, -0.15) is 11.8 Å². The van der Waals surface area contributed by atoms with E-state index >= 15 is 0 Å². The third kappa shape index (κ3) is 6.28. The quantitative estimate of drug-likeness (QED) is 0.758. The molecule has 2 N–H and O–H groups in total. The number of thioether (sulfide) groups is 1. The summed E-state index contributed by atoms with van der Waals surface area (Å²) in [5.41, 5.74) is 1.16. The van der Waals surface area contributed by atoms with Crippen molar-refractivity contribution in [3.05, 3.63) is 29.8 Å². The fourth-order valence-corrected chi connectivity index (χ4v) is 1.78. The summed E-state index contributed by atoms with van der Waals surface area (Å²) in [6, 6.07) is 7.85. The van der Waals surface area contributed by atoms with Gasteiger partial charge in [0.1, 0.15) is 18.5 Å². The number of rotatable bonds is 8. The molecule has 102 valence electrons. The van der Waals surface area contributed by atoms with Crippen LogP contribution in [0.15, 0.2) is 24.3 Å². The summed E-state index contributed by atoms with van der Waals surface area (Å²) >= 11 is 1.81. The summed E-state index contributed by atoms with van der Waals surface area (Å²) < 4.78 is 5.54. The largest absolute Gasteiger partial charge is 0.491 e. The van der Waals surface area contributed by atoms with Gasteiger partial charge in [-0.15, -0.1) is 0 Å². The molecule has 4 heteroatoms. The van der Waals surface area contributed by atoms with Gasteiger partial charge >= 0.3 is 0 Å². The average molecular weight is 269 g/mol. The van der Waals surface area contributed by atoms with Crippen LogP contribution >= 0.6 is 11.8 Å². The van der Waals surface area contributed by atoms with Gasteiger partial charge in [0.15, 0.2) is 0 Å². The Morgan fingerprint density at radius 3 is 2.83 bits per heavy atom. The number of nitrogens with one attached hydrogen (secondary N) is 1. The van der Waals surface area contributed by atoms with Gasteiger partial charge in [0.25, 0.3) is 0 Å². The molecule has 0 amide bonds. The maximum absolute atomic E-state index is 9.77. The highest BCUT2D eigenvalue weighted by molar-refractivity contribution is 7.99. The molecule has 0 radical (unpaired) electrons. The Hall–Kier alpha value is -0.710. The zero-order chi connectivity index (χ0) is 13.4. The highest BCUT2D eigenvalue weighted by Gasteiger charge is 2.06. The first-order valence-corrected chi connectivity index (χ1v) is 7.51. The van der Waals surface area contributed by atoms with E-state index in [1.54, 1.807) is 0 Å². The Bertz CT molecular complexity index is 346. The molecular formula is C14H23NO2S. The molecular weight excluding hydrogens is 246 g/mol. The molecule has 0 spiro atoms. The Kier molecular flexibility index (Phi) is 7.16. The second-order valence-electron chi connectivity index (χ2n) is 4.49. The van der Waals surface area contributed by atoms with E-state index in [-0.39, 0.29) is 0 Å². The predicted molar refractivity (Wildman–Crippen MR) is 78.5 cm³/mol. The van der Waals surface area contributed by atoms with Crippen LogP contribution in [0.25, 0.3) is 0 Å². The minimum atomic E-state index is -0.473. The Balaban J connectivity index is 2.19. The molecule has 0 aliphatic carbocycles. The number of aliphatic hydroxyl groups excluding tert-OH is 1. The monoisotopic (exact) mass is 269 g/mol. The van der Waals surface area contributed by atoms with Crippen molar-refractivity contribution in [1.82, 2.24) is 5.32 Å². The number of hydrogen-bond acceptors (Lipinski definition) is 4. The normalized spacial score (nSPS) is 14.2. The van der Waals surface area contributed by atoms with Crippen LogP contribution in [0.5, 0.6) is 5.75 Å². The lowest BCUT2D eigenvalue weighted by molar-refractivity contribution is 0.106. The molecule has 0 bridgehead atoms. The maximum Gasteiger partial charge on any atom is 0.119 e. The van der Waals surface area contributed by atoms with Gasteiger partial charge in [-0.3, -0.25) is 0 Å². The Morgan fingerprint density at radius 1 is 1.39 bits per heavy atom. The number of ether oxygens (including phenoxy) is 1. The van der Waals surface area contributed by atoms with Gasteiger partial charge < -0.3 is 15.2 Å². The van der Waals surface area contributed by atoms with Crippen LogP contribution in [-0.2, 0) is 0 Å². The van der Waals surface area contributed by atoms with Gasteiger partial charge in [0.05, 0.1) is 0 Å². The van der Waals surface area contributed by atoms with Crippen molar-refractivity contribution in [2.45, 2.75) is 25.2 Å². The fraction of sp³-hybridized carbons (Fsp3) is 0.571. The van der Waals surface area contributed by atoms with E-state index in [9.17, 15) is 5.11 Å². The van der Waals surface area contributed by atoms with Crippen molar-refractivity contribution >= 4 is 11.8 Å². The molecule has 1 aromatic carbocycles. The molecule has 0 aliphatic rings. The van der Waals surface area contributed by atoms with Gasteiger partial charge in [-0.1, -0.05) is 19.1 Å². The van der Waals surface area contributed by atoms with E-state index in [0.29, 0.717) is 18.4 Å². The van der Waals surface area contributed by atoms with Crippen molar-refractivity contribution in [3.63, 3.8) is 0 Å². The van der Waals surface area contributed by atoms with Gasteiger partial charge in [0, 0.05) is 18.3 Å². The molecule has 3 nitrogen and oxygen atoms in total. The predicted octanol–water partition coefficient (Wildman–Crippen LogP) is 2.08. The SMILES string of the molecule is CSC(C)CNCC(O)COc1cccc(C)c1. The summed E-state index contributed by atoms with van der Waals surface area (Å²) in [5.74, 6) is 0.812. The van der Waals surface area contributed by atoms with E-state index in [1.807, 2.05) is 43.0 Å². The average Bonchev–Trinajstić information content (AvgIpc) is 2.36. The van der Waals surface area contributed by atoms with E-state index < -0.39 is 6.10 Å². The number of hydrogen-bond donors (Lipinski definition) is 2. The molecule has 0 fully saturated rings. The second kappa shape index (κ2) is 8.40. The van der Waals surface area contributed by atoms with Gasteiger partial charge in [-0.25, -0.2) is 0 Å². The van der Waals surface area contributed by atoms with Crippen LogP contribution < -0.4 is 10.1 Å². The third-order valence-electron chi connectivity index (χ3n) is 2.65. The summed E-state index contributed by atoms with van der Waals surface area (Å²) in [6.07, 6.45) is 1.61. The third-order valence-corrected chi connectivity index (χ3v) is 3.62. The van der Waals surface area contributed by atoms with Gasteiger partial charge in [0.2, 0.25) is 0 Å². The lowest BCUT2D eigenvalue weighted by Crippen LogP contribution is -2.34. The van der Waals surface area contributed by atoms with E-state index in [4.69, 9.17) is 4.74 Å². The molecule has 0 heterocycles. The molecule has 2 unspecified atom stereocenters. The van der Waals surface area contributed by atoms with E-state index in [2.05, 4.69) is 18.5 Å². The van der Waals surface area contributed by atoms with E-state index in [0.717, 1.165) is 17.9 Å². The number of aryl methyl sites for hydroxylation is 1. The van der Waals surface area contributed by atoms with Crippen molar-refractivity contribution in [2.24, 2.45) is 0 Å². The molecule has 0 aliphatic heterocycles. The molecule has 2 atom stereocenters. The van der Waals surface area contributed by atoms with Crippen LogP contribution in [0.4, 0.5) is 0 Å². The first-order chi connectivity index (χ1) is 8.61. The highest BCUT2D eigenvalue weighted by Crippen LogP contribution is 2.12. The topological polar surface area (TPSA) is 41.5 Å². The van der Waals surface area contributed by atoms with Crippen LogP contribution in [0.2, 0.25) is 0 Å². The molecule has 1 aromatic rings. The van der Waals surface area contributed by atoms with Crippen LogP contribution in [-0.4, -0.2) is 42.4 Å². The first-order valence-electron chi connectivity index (χ1n) is 6.23. The van der Waals surface area contributed by atoms with Crippen molar-refractivity contribution < 1.29 is 9.84 Å². The zero-order valence-electron chi connectivity index (χ0n) is 11.3. The lowest BCUT2D eigenvalue weighted by atomic mass is 10.2. The minimum absolute atomic E-state index is 0.324. The van der Waals surface area contributed by atoms with E-state index in [1.165, 1.54) is 0 Å². The second-order valence-corrected chi connectivity index (χ2v) is 5.76. The maximum atomic E-state index is 9.77. The number of aliphatic hydroxyl groups is 1. The number of benzene rings is 1. The molecule has 0 saturated carbocycles. The van der Waals surface area contributed by atoms with Gasteiger partial charge in [-0.05, 0) is 30.9 Å². The van der Waals surface area contributed by atoms with Crippen molar-refractivity contribution in [3.8, 4) is 5.75 Å². The Labute approximate surface area is 114 Å². The molecule has 1 rings (SSSR count). The summed E-state index contributed by atoms with van der Waals surface area (Å²) in [5, 5.41) is 13.6. The van der Waals surface area contributed by atoms with Crippen LogP contribution in [0.3, 0.4) is 0 Å². The molecule has 18 heavy (non-hydrogen) atoms. The fourth-order valence-electron chi connectivity index (χ4n) is 1.49. The molecule has 0 aromatic heterocycles. The smallest absolute Gasteiger partial charge is 0.119 e. The van der Waals surface area contributed by atoms with Crippen molar-refractivity contribution in [2.75, 3.05) is 26.0 Å². The van der Waals surface area contributed by atoms with Crippen molar-refractivity contribution in [1.29, 1.82) is 0 Å². The standard InChI is InChI=1S/C14H23NO2S/c1-11-5-4-6-14(7-11)17-10-13(16)9-15-8-12(2)18-3/h4-7,12-13,15-16H,8-10H2,1-3H3. The highest BCUT2D eigenvalue weighted by atomic mass is 32.2. The van der Waals surface area contributed by atoms with Crippen LogP contribution in [0.1, 0.15) is 12.5 Å². The lowest BCUT2D eigenvalue weighted by Gasteiger charge is -2.15. The summed E-state index contributed by atoms with van der Waals surface area (Å²) in [7, 11) is 0. The minimum Gasteiger partial charge on any atom is -0.491 e. The van der Waals surface area contributed by atoms with Crippen LogP contribution in [0, 0.1) is 6.92 Å². The summed E-state index contributed by atoms with van der Waals surface area (Å²) in [4.78, 5) is 0. The molecule has 0 saturated heterocycles. The zero-order valence-corrected chi connectivity index (χ0v) is 12.2. The summed E-state index contributed by atoms with van der Waals surface area (Å²) in [6.45, 7) is 5.98.